The zero-order valence-electron chi connectivity index (χ0n) is 15.7. The van der Waals surface area contributed by atoms with E-state index in [1.54, 1.807) is 18.4 Å². The fourth-order valence-corrected chi connectivity index (χ4v) is 2.97. The summed E-state index contributed by atoms with van der Waals surface area (Å²) in [7, 11) is 1.68. The third kappa shape index (κ3) is 4.98. The van der Waals surface area contributed by atoms with Gasteiger partial charge in [0.2, 0.25) is 0 Å². The Morgan fingerprint density at radius 1 is 1.00 bits per heavy atom. The molecule has 2 heterocycles. The normalized spacial score (nSPS) is 12.5. The third-order valence-corrected chi connectivity index (χ3v) is 4.70. The number of hydrogen-bond acceptors (Lipinski definition) is 6. The van der Waals surface area contributed by atoms with E-state index in [-0.39, 0.29) is 10.8 Å². The fraction of sp³-hybridized carbons (Fsp3) is 0.611. The van der Waals surface area contributed by atoms with E-state index in [9.17, 15) is 0 Å². The van der Waals surface area contributed by atoms with Crippen molar-refractivity contribution in [2.75, 3.05) is 12.4 Å². The number of rotatable bonds is 5. The second-order valence-corrected chi connectivity index (χ2v) is 8.86. The van der Waals surface area contributed by atoms with Crippen LogP contribution in [-0.2, 0) is 28.7 Å². The Balaban J connectivity index is 2.16. The van der Waals surface area contributed by atoms with Crippen LogP contribution in [0.2, 0.25) is 0 Å². The first-order chi connectivity index (χ1) is 11.1. The summed E-state index contributed by atoms with van der Waals surface area (Å²) >= 11 is 1.71. The molecule has 2 rings (SSSR count). The number of methoxy groups -OCH3 is 1. The summed E-state index contributed by atoms with van der Waals surface area (Å²) in [6.07, 6.45) is 0. The Bertz CT molecular complexity index is 683. The molecule has 0 bridgehead atoms. The van der Waals surface area contributed by atoms with Gasteiger partial charge in [0, 0.05) is 29.4 Å². The highest BCUT2D eigenvalue weighted by Crippen LogP contribution is 2.26. The predicted molar refractivity (Wildman–Crippen MR) is 99.6 cm³/mol. The quantitative estimate of drug-likeness (QED) is 0.873. The van der Waals surface area contributed by atoms with E-state index in [1.807, 2.05) is 6.07 Å². The molecule has 0 radical (unpaired) electrons. The van der Waals surface area contributed by atoms with Crippen LogP contribution in [0.15, 0.2) is 11.4 Å². The van der Waals surface area contributed by atoms with Gasteiger partial charge in [-0.1, -0.05) is 41.5 Å². The van der Waals surface area contributed by atoms with Gasteiger partial charge < -0.3 is 10.1 Å². The van der Waals surface area contributed by atoms with Gasteiger partial charge in [-0.15, -0.1) is 11.3 Å². The van der Waals surface area contributed by atoms with E-state index in [1.165, 1.54) is 0 Å². The van der Waals surface area contributed by atoms with E-state index in [0.717, 1.165) is 28.0 Å². The van der Waals surface area contributed by atoms with Crippen molar-refractivity contribution in [3.8, 4) is 0 Å². The highest BCUT2D eigenvalue weighted by Gasteiger charge is 2.20. The molecule has 0 aromatic carbocycles. The van der Waals surface area contributed by atoms with Crippen molar-refractivity contribution >= 4 is 17.2 Å². The highest BCUT2D eigenvalue weighted by atomic mass is 32.1. The maximum atomic E-state index is 5.23. The number of nitrogens with zero attached hydrogens (tertiary/aromatic N) is 3. The first kappa shape index (κ1) is 18.8. The van der Waals surface area contributed by atoms with Gasteiger partial charge in [0.05, 0.1) is 29.5 Å². The minimum absolute atomic E-state index is 0.0862. The Kier molecular flexibility index (Phi) is 5.60. The van der Waals surface area contributed by atoms with Gasteiger partial charge in [-0.3, -0.25) is 0 Å². The lowest BCUT2D eigenvalue weighted by atomic mass is 9.95. The molecule has 132 valence electrons. The summed E-state index contributed by atoms with van der Waals surface area (Å²) in [5.74, 6) is 1.63. The van der Waals surface area contributed by atoms with E-state index in [0.29, 0.717) is 13.2 Å². The SMILES string of the molecule is COCc1cc(NCc2csc(C(C)(C)C)n2)nc(C(C)(C)C)n1. The predicted octanol–water partition coefficient (Wildman–Crippen LogP) is 4.29. The molecule has 0 saturated carbocycles. The van der Waals surface area contributed by atoms with Crippen LogP contribution >= 0.6 is 11.3 Å². The molecule has 0 aliphatic carbocycles. The molecule has 0 atom stereocenters. The summed E-state index contributed by atoms with van der Waals surface area (Å²) in [6, 6.07) is 1.94. The molecule has 6 heteroatoms. The Hall–Kier alpha value is -1.53. The molecule has 0 aliphatic heterocycles. The molecule has 1 N–H and O–H groups in total. The maximum Gasteiger partial charge on any atom is 0.136 e. The van der Waals surface area contributed by atoms with Gasteiger partial charge in [0.15, 0.2) is 0 Å². The van der Waals surface area contributed by atoms with Crippen molar-refractivity contribution in [3.05, 3.63) is 33.7 Å². The molecule has 2 aromatic rings. The smallest absolute Gasteiger partial charge is 0.136 e. The number of hydrogen-bond donors (Lipinski definition) is 1. The van der Waals surface area contributed by atoms with Crippen LogP contribution in [0.5, 0.6) is 0 Å². The van der Waals surface area contributed by atoms with E-state index in [2.05, 4.69) is 62.2 Å². The lowest BCUT2D eigenvalue weighted by Crippen LogP contribution is -2.18. The Labute approximate surface area is 148 Å². The maximum absolute atomic E-state index is 5.23. The monoisotopic (exact) mass is 348 g/mol. The van der Waals surface area contributed by atoms with Crippen LogP contribution in [0.3, 0.4) is 0 Å². The average molecular weight is 349 g/mol. The zero-order chi connectivity index (χ0) is 18.0. The molecule has 0 spiro atoms. The van der Waals surface area contributed by atoms with Gasteiger partial charge in [0.1, 0.15) is 11.6 Å². The summed E-state index contributed by atoms with van der Waals surface area (Å²) in [4.78, 5) is 14.0. The van der Waals surface area contributed by atoms with Gasteiger partial charge in [-0.2, -0.15) is 0 Å². The summed E-state index contributed by atoms with van der Waals surface area (Å²) in [6.45, 7) is 14.0. The molecule has 5 nitrogen and oxygen atoms in total. The molecule has 2 aromatic heterocycles. The summed E-state index contributed by atoms with van der Waals surface area (Å²) in [5.41, 5.74) is 1.89. The topological polar surface area (TPSA) is 59.9 Å². The molecular formula is C18H28N4OS. The standard InChI is InChI=1S/C18H28N4OS/c1-17(2,3)15-20-12(10-23-7)8-14(22-15)19-9-13-11-24-16(21-13)18(4,5)6/h8,11H,9-10H2,1-7H3,(H,19,20,22). The largest absolute Gasteiger partial charge is 0.378 e. The Morgan fingerprint density at radius 2 is 1.71 bits per heavy atom. The van der Waals surface area contributed by atoms with Crippen LogP contribution in [0, 0.1) is 0 Å². The average Bonchev–Trinajstić information content (AvgIpc) is 2.93. The number of ether oxygens (including phenoxy) is 1. The van der Waals surface area contributed by atoms with E-state index in [4.69, 9.17) is 9.72 Å². The van der Waals surface area contributed by atoms with Crippen LogP contribution < -0.4 is 5.32 Å². The number of thiazole rings is 1. The lowest BCUT2D eigenvalue weighted by molar-refractivity contribution is 0.181. The minimum atomic E-state index is -0.111. The number of nitrogens with one attached hydrogen (secondary N) is 1. The third-order valence-electron chi connectivity index (χ3n) is 3.39. The van der Waals surface area contributed by atoms with Crippen LogP contribution in [0.25, 0.3) is 0 Å². The zero-order valence-corrected chi connectivity index (χ0v) is 16.5. The summed E-state index contributed by atoms with van der Waals surface area (Å²) < 4.78 is 5.23. The van der Waals surface area contributed by atoms with Crippen molar-refractivity contribution < 1.29 is 4.74 Å². The van der Waals surface area contributed by atoms with Crippen molar-refractivity contribution in [3.63, 3.8) is 0 Å². The summed E-state index contributed by atoms with van der Waals surface area (Å²) in [5, 5.41) is 6.63. The fourth-order valence-electron chi connectivity index (χ4n) is 2.06. The molecular weight excluding hydrogens is 320 g/mol. The number of anilines is 1. The molecule has 0 aliphatic rings. The second-order valence-electron chi connectivity index (χ2n) is 8.00. The van der Waals surface area contributed by atoms with Gasteiger partial charge in [0.25, 0.3) is 0 Å². The first-order valence-corrected chi connectivity index (χ1v) is 9.03. The van der Waals surface area contributed by atoms with Crippen molar-refractivity contribution in [1.82, 2.24) is 15.0 Å². The Morgan fingerprint density at radius 3 is 2.25 bits per heavy atom. The van der Waals surface area contributed by atoms with Gasteiger partial charge in [-0.05, 0) is 0 Å². The van der Waals surface area contributed by atoms with E-state index >= 15 is 0 Å². The van der Waals surface area contributed by atoms with Gasteiger partial charge in [-0.25, -0.2) is 15.0 Å². The second kappa shape index (κ2) is 7.15. The van der Waals surface area contributed by atoms with Crippen molar-refractivity contribution in [2.24, 2.45) is 0 Å². The highest BCUT2D eigenvalue weighted by molar-refractivity contribution is 7.09. The van der Waals surface area contributed by atoms with Crippen molar-refractivity contribution in [2.45, 2.75) is 65.5 Å². The first-order valence-electron chi connectivity index (χ1n) is 8.16. The van der Waals surface area contributed by atoms with Crippen LogP contribution in [0.1, 0.15) is 63.8 Å². The molecule has 0 fully saturated rings. The molecule has 0 amide bonds. The van der Waals surface area contributed by atoms with Crippen molar-refractivity contribution in [1.29, 1.82) is 0 Å². The lowest BCUT2D eigenvalue weighted by Gasteiger charge is -2.19. The molecule has 24 heavy (non-hydrogen) atoms. The van der Waals surface area contributed by atoms with Crippen LogP contribution in [-0.4, -0.2) is 22.1 Å². The van der Waals surface area contributed by atoms with Crippen LogP contribution in [0.4, 0.5) is 5.82 Å². The van der Waals surface area contributed by atoms with E-state index < -0.39 is 0 Å². The number of aromatic nitrogens is 3. The molecule has 0 saturated heterocycles. The van der Waals surface area contributed by atoms with Gasteiger partial charge >= 0.3 is 0 Å². The molecule has 0 unspecified atom stereocenters. The minimum Gasteiger partial charge on any atom is -0.378 e.